The Balaban J connectivity index is 1.28. The summed E-state index contributed by atoms with van der Waals surface area (Å²) in [6.45, 7) is 1.99. The fourth-order valence-corrected chi connectivity index (χ4v) is 4.25. The average Bonchev–Trinajstić information content (AvgIpc) is 3.60. The number of ether oxygens (including phenoxy) is 2. The molecule has 1 atom stereocenters. The molecule has 174 valence electrons. The molecule has 2 aliphatic rings. The number of anilines is 1. The number of pyridine rings is 1. The van der Waals surface area contributed by atoms with E-state index in [2.05, 4.69) is 15.0 Å². The number of nitrogens with zero attached hydrogens (tertiary/aromatic N) is 6. The number of benzene rings is 1. The molecular formula is C24H22F2N6O2. The third-order valence-electron chi connectivity index (χ3n) is 6.12. The first-order valence-corrected chi connectivity index (χ1v) is 11.2. The number of epoxide rings is 1. The summed E-state index contributed by atoms with van der Waals surface area (Å²) in [5, 5.41) is 4.29. The minimum absolute atomic E-state index is 0.0346. The van der Waals surface area contributed by atoms with E-state index in [9.17, 15) is 8.78 Å². The molecule has 0 aliphatic carbocycles. The van der Waals surface area contributed by atoms with Gasteiger partial charge in [0.25, 0.3) is 0 Å². The number of hydrogen-bond acceptors (Lipinski definition) is 7. The van der Waals surface area contributed by atoms with E-state index < -0.39 is 11.6 Å². The zero-order valence-electron chi connectivity index (χ0n) is 18.5. The molecule has 6 rings (SSSR count). The van der Waals surface area contributed by atoms with Gasteiger partial charge in [-0.2, -0.15) is 5.10 Å². The second kappa shape index (κ2) is 8.28. The number of piperidine rings is 1. The standard InChI is InChI=1S/C24H22F2N6O2/c1-31-12-14(10-28-31)23-24(30-18-9-19(22-13-33-22)27-11-20(18)29-23)32-6-4-16(5-7-32)34-21-3-2-15(25)8-17(21)26/h2-3,8-12,16,22H,4-7,13H2,1H3. The molecule has 0 N–H and O–H groups in total. The first-order chi connectivity index (χ1) is 16.5. The van der Waals surface area contributed by atoms with Crippen LogP contribution in [0.4, 0.5) is 14.6 Å². The summed E-state index contributed by atoms with van der Waals surface area (Å²) in [5.41, 5.74) is 3.93. The maximum atomic E-state index is 14.0. The fourth-order valence-electron chi connectivity index (χ4n) is 4.25. The molecule has 2 fully saturated rings. The number of fused-ring (bicyclic) bond motifs is 1. The van der Waals surface area contributed by atoms with Crippen LogP contribution in [0, 0.1) is 11.6 Å². The van der Waals surface area contributed by atoms with Crippen molar-refractivity contribution in [2.45, 2.75) is 25.0 Å². The van der Waals surface area contributed by atoms with Gasteiger partial charge in [0.1, 0.15) is 29.2 Å². The smallest absolute Gasteiger partial charge is 0.167 e. The normalized spacial score (nSPS) is 18.4. The van der Waals surface area contributed by atoms with Crippen LogP contribution in [0.1, 0.15) is 24.6 Å². The van der Waals surface area contributed by atoms with Gasteiger partial charge in [-0.05, 0) is 18.2 Å². The number of aromatic nitrogens is 5. The molecule has 0 bridgehead atoms. The SMILES string of the molecule is Cn1cc(-c2nc3cnc(C4CO4)cc3nc2N2CCC(Oc3ccc(F)cc3F)CC2)cn1. The molecule has 4 aromatic rings. The van der Waals surface area contributed by atoms with Crippen LogP contribution in [-0.2, 0) is 11.8 Å². The van der Waals surface area contributed by atoms with Crippen LogP contribution in [0.2, 0.25) is 0 Å². The zero-order chi connectivity index (χ0) is 23.2. The predicted octanol–water partition coefficient (Wildman–Crippen LogP) is 3.82. The highest BCUT2D eigenvalue weighted by molar-refractivity contribution is 5.83. The second-order valence-electron chi connectivity index (χ2n) is 8.60. The van der Waals surface area contributed by atoms with E-state index in [1.807, 2.05) is 19.3 Å². The van der Waals surface area contributed by atoms with Gasteiger partial charge in [0, 0.05) is 50.8 Å². The molecule has 3 aromatic heterocycles. The molecule has 2 aliphatic heterocycles. The first kappa shape index (κ1) is 20.9. The van der Waals surface area contributed by atoms with Gasteiger partial charge in [-0.15, -0.1) is 0 Å². The van der Waals surface area contributed by atoms with Gasteiger partial charge in [0.15, 0.2) is 17.4 Å². The van der Waals surface area contributed by atoms with Crippen LogP contribution in [0.15, 0.2) is 42.9 Å². The summed E-state index contributed by atoms with van der Waals surface area (Å²) in [6, 6.07) is 5.31. The molecule has 0 saturated carbocycles. The predicted molar refractivity (Wildman–Crippen MR) is 120 cm³/mol. The summed E-state index contributed by atoms with van der Waals surface area (Å²) < 4.78 is 40.1. The largest absolute Gasteiger partial charge is 0.487 e. The Hall–Kier alpha value is -3.66. The van der Waals surface area contributed by atoms with Crippen molar-refractivity contribution in [1.29, 1.82) is 0 Å². The van der Waals surface area contributed by atoms with Crippen molar-refractivity contribution in [3.63, 3.8) is 0 Å². The Morgan fingerprint density at radius 2 is 1.88 bits per heavy atom. The molecule has 5 heterocycles. The van der Waals surface area contributed by atoms with Crippen molar-refractivity contribution < 1.29 is 18.3 Å². The molecule has 0 spiro atoms. The van der Waals surface area contributed by atoms with E-state index in [0.29, 0.717) is 38.1 Å². The Morgan fingerprint density at radius 3 is 2.59 bits per heavy atom. The van der Waals surface area contributed by atoms with Crippen LogP contribution in [-0.4, -0.2) is 50.5 Å². The summed E-state index contributed by atoms with van der Waals surface area (Å²) in [5.74, 6) is -0.473. The van der Waals surface area contributed by atoms with Crippen molar-refractivity contribution in [2.24, 2.45) is 7.05 Å². The van der Waals surface area contributed by atoms with Crippen molar-refractivity contribution >= 4 is 16.9 Å². The number of halogens is 2. The van der Waals surface area contributed by atoms with Crippen molar-refractivity contribution in [1.82, 2.24) is 24.7 Å². The van der Waals surface area contributed by atoms with E-state index >= 15 is 0 Å². The fraction of sp³-hybridized carbons (Fsp3) is 0.333. The topological polar surface area (TPSA) is 81.5 Å². The van der Waals surface area contributed by atoms with Gasteiger partial charge in [-0.1, -0.05) is 0 Å². The highest BCUT2D eigenvalue weighted by Gasteiger charge is 2.28. The maximum Gasteiger partial charge on any atom is 0.167 e. The molecule has 2 saturated heterocycles. The first-order valence-electron chi connectivity index (χ1n) is 11.2. The molecule has 1 aromatic carbocycles. The Morgan fingerprint density at radius 1 is 1.06 bits per heavy atom. The minimum Gasteiger partial charge on any atom is -0.487 e. The Bertz CT molecular complexity index is 1370. The second-order valence-corrected chi connectivity index (χ2v) is 8.60. The van der Waals surface area contributed by atoms with Gasteiger partial charge in [-0.3, -0.25) is 9.67 Å². The van der Waals surface area contributed by atoms with Crippen LogP contribution >= 0.6 is 0 Å². The lowest BCUT2D eigenvalue weighted by molar-refractivity contribution is 0.163. The molecule has 1 unspecified atom stereocenters. The van der Waals surface area contributed by atoms with Crippen LogP contribution in [0.3, 0.4) is 0 Å². The van der Waals surface area contributed by atoms with Gasteiger partial charge < -0.3 is 14.4 Å². The third kappa shape index (κ3) is 4.05. The summed E-state index contributed by atoms with van der Waals surface area (Å²) in [4.78, 5) is 16.5. The lowest BCUT2D eigenvalue weighted by Crippen LogP contribution is -2.39. The lowest BCUT2D eigenvalue weighted by atomic mass is 10.1. The van der Waals surface area contributed by atoms with E-state index in [1.165, 1.54) is 12.1 Å². The van der Waals surface area contributed by atoms with Gasteiger partial charge in [-0.25, -0.2) is 18.7 Å². The number of rotatable bonds is 5. The van der Waals surface area contributed by atoms with Gasteiger partial charge in [0.05, 0.1) is 30.2 Å². The number of aryl methyl sites for hydroxylation is 1. The lowest BCUT2D eigenvalue weighted by Gasteiger charge is -2.33. The molecule has 34 heavy (non-hydrogen) atoms. The highest BCUT2D eigenvalue weighted by atomic mass is 19.1. The van der Waals surface area contributed by atoms with Crippen LogP contribution < -0.4 is 9.64 Å². The zero-order valence-corrected chi connectivity index (χ0v) is 18.5. The summed E-state index contributed by atoms with van der Waals surface area (Å²) >= 11 is 0. The van der Waals surface area contributed by atoms with Crippen molar-refractivity contribution in [2.75, 3.05) is 24.6 Å². The molecule has 10 heteroatoms. The minimum atomic E-state index is -0.689. The van der Waals surface area contributed by atoms with E-state index in [-0.39, 0.29) is 18.0 Å². The summed E-state index contributed by atoms with van der Waals surface area (Å²) in [6.07, 6.45) is 6.61. The van der Waals surface area contributed by atoms with Crippen LogP contribution in [0.5, 0.6) is 5.75 Å². The van der Waals surface area contributed by atoms with E-state index in [0.717, 1.165) is 34.4 Å². The average molecular weight is 464 g/mol. The van der Waals surface area contributed by atoms with Crippen molar-refractivity contribution in [3.05, 3.63) is 60.2 Å². The Kier molecular flexibility index (Phi) is 5.09. The molecule has 0 amide bonds. The van der Waals surface area contributed by atoms with E-state index in [1.54, 1.807) is 17.1 Å². The van der Waals surface area contributed by atoms with Gasteiger partial charge in [0.2, 0.25) is 0 Å². The molecular weight excluding hydrogens is 442 g/mol. The monoisotopic (exact) mass is 464 g/mol. The summed E-state index contributed by atoms with van der Waals surface area (Å²) in [7, 11) is 1.86. The quantitative estimate of drug-likeness (QED) is 0.415. The molecule has 8 nitrogen and oxygen atoms in total. The third-order valence-corrected chi connectivity index (χ3v) is 6.12. The number of hydrogen-bond donors (Lipinski definition) is 0. The van der Waals surface area contributed by atoms with Crippen LogP contribution in [0.25, 0.3) is 22.3 Å². The van der Waals surface area contributed by atoms with Gasteiger partial charge >= 0.3 is 0 Å². The maximum absolute atomic E-state index is 14.0. The van der Waals surface area contributed by atoms with E-state index in [4.69, 9.17) is 19.4 Å². The Labute approximate surface area is 194 Å². The van der Waals surface area contributed by atoms with Crippen molar-refractivity contribution in [3.8, 4) is 17.0 Å². The highest BCUT2D eigenvalue weighted by Crippen LogP contribution is 2.34. The molecule has 0 radical (unpaired) electrons.